The smallest absolute Gasteiger partial charge is 0.191 e. The molecule has 158 valence electrons. The van der Waals surface area contributed by atoms with Crippen LogP contribution >= 0.6 is 11.3 Å². The molecule has 0 bridgehead atoms. The fraction of sp³-hybridized carbons (Fsp3) is 0.545. The second-order valence-electron chi connectivity index (χ2n) is 7.69. The highest BCUT2D eigenvalue weighted by Crippen LogP contribution is 2.17. The lowest BCUT2D eigenvalue weighted by atomic mass is 10.2. The summed E-state index contributed by atoms with van der Waals surface area (Å²) in [6.07, 6.45) is 1.11. The number of rotatable bonds is 8. The molecule has 6 nitrogen and oxygen atoms in total. The van der Waals surface area contributed by atoms with Gasteiger partial charge in [-0.3, -0.25) is 9.89 Å². The third-order valence-electron chi connectivity index (χ3n) is 5.23. The molecule has 0 saturated carbocycles. The molecule has 1 aliphatic heterocycles. The van der Waals surface area contributed by atoms with Crippen molar-refractivity contribution in [1.82, 2.24) is 20.5 Å². The Kier molecular flexibility index (Phi) is 8.31. The summed E-state index contributed by atoms with van der Waals surface area (Å²) in [5.74, 6) is 1.33. The lowest BCUT2D eigenvalue weighted by Crippen LogP contribution is -2.47. The molecular weight excluding hydrogens is 380 g/mol. The van der Waals surface area contributed by atoms with Gasteiger partial charge in [0, 0.05) is 50.8 Å². The van der Waals surface area contributed by atoms with Gasteiger partial charge in [-0.25, -0.2) is 4.98 Å². The second kappa shape index (κ2) is 11.2. The Morgan fingerprint density at radius 1 is 1.14 bits per heavy atom. The van der Waals surface area contributed by atoms with E-state index in [-0.39, 0.29) is 0 Å². The van der Waals surface area contributed by atoms with Crippen LogP contribution in [0.5, 0.6) is 0 Å². The number of hydrogen-bond donors (Lipinski definition) is 2. The van der Waals surface area contributed by atoms with Crippen LogP contribution in [-0.2, 0) is 6.54 Å². The molecule has 1 aliphatic rings. The van der Waals surface area contributed by atoms with Crippen LogP contribution in [0.1, 0.15) is 36.9 Å². The lowest BCUT2D eigenvalue weighted by Gasteiger charge is -2.36. The van der Waals surface area contributed by atoms with E-state index in [0.717, 1.165) is 63.2 Å². The number of benzene rings is 1. The van der Waals surface area contributed by atoms with E-state index in [9.17, 15) is 0 Å². The quantitative estimate of drug-likeness (QED) is 0.395. The van der Waals surface area contributed by atoms with Crippen molar-refractivity contribution in [2.75, 3.05) is 51.2 Å². The van der Waals surface area contributed by atoms with E-state index in [0.29, 0.717) is 5.92 Å². The third kappa shape index (κ3) is 6.72. The first-order valence-corrected chi connectivity index (χ1v) is 11.4. The van der Waals surface area contributed by atoms with Crippen molar-refractivity contribution in [3.05, 3.63) is 46.4 Å². The summed E-state index contributed by atoms with van der Waals surface area (Å²) < 4.78 is 0. The Hall–Kier alpha value is -2.12. The topological polar surface area (TPSA) is 55.8 Å². The SMILES string of the molecule is CN=C(NCCCN1CCN(c2ccccc2)CC1)NCc1nc(C(C)C)cs1. The predicted octanol–water partition coefficient (Wildman–Crippen LogP) is 3.14. The molecule has 1 saturated heterocycles. The van der Waals surface area contributed by atoms with Crippen LogP contribution in [-0.4, -0.2) is 62.2 Å². The van der Waals surface area contributed by atoms with Crippen LogP contribution in [0.4, 0.5) is 5.69 Å². The molecule has 1 aromatic heterocycles. The minimum absolute atomic E-state index is 0.479. The average Bonchev–Trinajstić information content (AvgIpc) is 3.24. The van der Waals surface area contributed by atoms with Gasteiger partial charge in [0.1, 0.15) is 5.01 Å². The number of aliphatic imine (C=N–C) groups is 1. The minimum Gasteiger partial charge on any atom is -0.369 e. The monoisotopic (exact) mass is 414 g/mol. The summed E-state index contributed by atoms with van der Waals surface area (Å²) in [6.45, 7) is 11.6. The normalized spacial score (nSPS) is 15.7. The maximum atomic E-state index is 4.66. The van der Waals surface area contributed by atoms with Gasteiger partial charge in [-0.1, -0.05) is 32.0 Å². The number of thiazole rings is 1. The van der Waals surface area contributed by atoms with Gasteiger partial charge in [-0.2, -0.15) is 0 Å². The molecule has 3 rings (SSSR count). The summed E-state index contributed by atoms with van der Waals surface area (Å²) in [5, 5.41) is 10.0. The lowest BCUT2D eigenvalue weighted by molar-refractivity contribution is 0.255. The highest BCUT2D eigenvalue weighted by atomic mass is 32.1. The molecule has 0 atom stereocenters. The van der Waals surface area contributed by atoms with Gasteiger partial charge < -0.3 is 15.5 Å². The fourth-order valence-corrected chi connectivity index (χ4v) is 4.32. The molecular formula is C22H34N6S. The molecule has 2 aromatic rings. The van der Waals surface area contributed by atoms with Crippen LogP contribution in [0, 0.1) is 0 Å². The van der Waals surface area contributed by atoms with E-state index < -0.39 is 0 Å². The molecule has 2 heterocycles. The summed E-state index contributed by atoms with van der Waals surface area (Å²) in [5.41, 5.74) is 2.51. The third-order valence-corrected chi connectivity index (χ3v) is 6.10. The van der Waals surface area contributed by atoms with Gasteiger partial charge >= 0.3 is 0 Å². The number of aromatic nitrogens is 1. The predicted molar refractivity (Wildman–Crippen MR) is 124 cm³/mol. The fourth-order valence-electron chi connectivity index (χ4n) is 3.43. The van der Waals surface area contributed by atoms with Crippen molar-refractivity contribution in [3.63, 3.8) is 0 Å². The second-order valence-corrected chi connectivity index (χ2v) is 8.63. The van der Waals surface area contributed by atoms with Crippen molar-refractivity contribution in [2.45, 2.75) is 32.7 Å². The molecule has 0 aliphatic carbocycles. The molecule has 29 heavy (non-hydrogen) atoms. The van der Waals surface area contributed by atoms with Crippen molar-refractivity contribution < 1.29 is 0 Å². The molecule has 0 amide bonds. The first-order valence-electron chi connectivity index (χ1n) is 10.6. The summed E-state index contributed by atoms with van der Waals surface area (Å²) in [7, 11) is 1.82. The van der Waals surface area contributed by atoms with E-state index >= 15 is 0 Å². The van der Waals surface area contributed by atoms with E-state index in [1.807, 2.05) is 7.05 Å². The zero-order chi connectivity index (χ0) is 20.5. The van der Waals surface area contributed by atoms with E-state index in [4.69, 9.17) is 0 Å². The molecule has 0 unspecified atom stereocenters. The van der Waals surface area contributed by atoms with Crippen molar-refractivity contribution in [1.29, 1.82) is 0 Å². The number of nitrogens with zero attached hydrogens (tertiary/aromatic N) is 4. The van der Waals surface area contributed by atoms with Gasteiger partial charge in [0.25, 0.3) is 0 Å². The van der Waals surface area contributed by atoms with Crippen LogP contribution in [0.15, 0.2) is 40.7 Å². The minimum atomic E-state index is 0.479. The van der Waals surface area contributed by atoms with Crippen molar-refractivity contribution in [2.24, 2.45) is 4.99 Å². The van der Waals surface area contributed by atoms with Crippen molar-refractivity contribution >= 4 is 23.0 Å². The van der Waals surface area contributed by atoms with E-state index in [1.165, 1.54) is 11.4 Å². The largest absolute Gasteiger partial charge is 0.369 e. The van der Waals surface area contributed by atoms with Crippen molar-refractivity contribution in [3.8, 4) is 0 Å². The van der Waals surface area contributed by atoms with Gasteiger partial charge in [0.05, 0.1) is 12.2 Å². The first-order chi connectivity index (χ1) is 14.2. The number of para-hydroxylation sites is 1. The van der Waals surface area contributed by atoms with E-state index in [1.54, 1.807) is 11.3 Å². The van der Waals surface area contributed by atoms with Gasteiger partial charge in [0.15, 0.2) is 5.96 Å². The maximum absolute atomic E-state index is 4.66. The van der Waals surface area contributed by atoms with Gasteiger partial charge in [0.2, 0.25) is 0 Å². The Labute approximate surface area is 179 Å². The zero-order valence-electron chi connectivity index (χ0n) is 17.9. The maximum Gasteiger partial charge on any atom is 0.191 e. The number of piperazine rings is 1. The molecule has 0 spiro atoms. The molecule has 1 aromatic carbocycles. The molecule has 1 fully saturated rings. The van der Waals surface area contributed by atoms with Gasteiger partial charge in [-0.05, 0) is 31.0 Å². The van der Waals surface area contributed by atoms with Gasteiger partial charge in [-0.15, -0.1) is 11.3 Å². The highest BCUT2D eigenvalue weighted by molar-refractivity contribution is 7.09. The molecule has 7 heteroatoms. The summed E-state index contributed by atoms with van der Waals surface area (Å²) in [6, 6.07) is 10.7. The zero-order valence-corrected chi connectivity index (χ0v) is 18.7. The summed E-state index contributed by atoms with van der Waals surface area (Å²) >= 11 is 1.71. The highest BCUT2D eigenvalue weighted by Gasteiger charge is 2.16. The van der Waals surface area contributed by atoms with E-state index in [2.05, 4.69) is 80.0 Å². The summed E-state index contributed by atoms with van der Waals surface area (Å²) in [4.78, 5) is 14.0. The number of nitrogens with one attached hydrogen (secondary N) is 2. The number of hydrogen-bond acceptors (Lipinski definition) is 5. The van der Waals surface area contributed by atoms with Crippen LogP contribution < -0.4 is 15.5 Å². The number of guanidine groups is 1. The molecule has 0 radical (unpaired) electrons. The molecule has 2 N–H and O–H groups in total. The van der Waals surface area contributed by atoms with Crippen LogP contribution in [0.25, 0.3) is 0 Å². The first kappa shape index (κ1) is 21.6. The Morgan fingerprint density at radius 2 is 1.90 bits per heavy atom. The standard InChI is InChI=1S/C22H34N6S/c1-18(2)20-17-29-21(26-20)16-25-22(23-3)24-10-7-11-27-12-14-28(15-13-27)19-8-5-4-6-9-19/h4-6,8-9,17-18H,7,10-16H2,1-3H3,(H2,23,24,25). The Morgan fingerprint density at radius 3 is 2.55 bits per heavy atom. The Bertz CT molecular complexity index is 750. The van der Waals surface area contributed by atoms with Crippen LogP contribution in [0.3, 0.4) is 0 Å². The Balaban J connectivity index is 1.30. The average molecular weight is 415 g/mol. The van der Waals surface area contributed by atoms with Crippen LogP contribution in [0.2, 0.25) is 0 Å². The number of anilines is 1.